The zero-order valence-corrected chi connectivity index (χ0v) is 19.8. The second-order valence-corrected chi connectivity index (χ2v) is 9.57. The monoisotopic (exact) mass is 460 g/mol. The third kappa shape index (κ3) is 7.31. The summed E-state index contributed by atoms with van der Waals surface area (Å²) in [4.78, 5) is 34.0. The molecular formula is C24H33FN4O2S. The van der Waals surface area contributed by atoms with Crippen molar-refractivity contribution in [2.24, 2.45) is 0 Å². The molecule has 1 fully saturated rings. The van der Waals surface area contributed by atoms with Gasteiger partial charge in [0, 0.05) is 35.9 Å². The highest BCUT2D eigenvalue weighted by Crippen LogP contribution is 2.19. The van der Waals surface area contributed by atoms with Crippen molar-refractivity contribution in [3.63, 3.8) is 0 Å². The number of rotatable bonds is 10. The highest BCUT2D eigenvalue weighted by atomic mass is 32.1. The van der Waals surface area contributed by atoms with Crippen LogP contribution in [0.4, 0.5) is 9.18 Å². The van der Waals surface area contributed by atoms with Crippen LogP contribution in [0.25, 0.3) is 0 Å². The number of nitrogens with zero attached hydrogens (tertiary/aromatic N) is 3. The molecule has 3 rings (SSSR count). The molecule has 1 aliphatic heterocycles. The molecule has 0 atom stereocenters. The number of hydrogen-bond donors (Lipinski definition) is 1. The summed E-state index contributed by atoms with van der Waals surface area (Å²) < 4.78 is 13.3. The van der Waals surface area contributed by atoms with Gasteiger partial charge in [-0.1, -0.05) is 12.1 Å². The van der Waals surface area contributed by atoms with Crippen molar-refractivity contribution in [1.82, 2.24) is 20.0 Å². The maximum atomic E-state index is 13.4. The van der Waals surface area contributed by atoms with Crippen LogP contribution in [0.2, 0.25) is 0 Å². The molecule has 0 radical (unpaired) electrons. The first kappa shape index (κ1) is 24.2. The van der Waals surface area contributed by atoms with Crippen LogP contribution in [0.1, 0.15) is 35.1 Å². The molecule has 1 aromatic heterocycles. The first-order valence-electron chi connectivity index (χ1n) is 11.3. The summed E-state index contributed by atoms with van der Waals surface area (Å²) in [5.74, 6) is -0.419. The van der Waals surface area contributed by atoms with Gasteiger partial charge in [0.2, 0.25) is 5.91 Å². The van der Waals surface area contributed by atoms with E-state index in [1.54, 1.807) is 33.3 Å². The van der Waals surface area contributed by atoms with Crippen molar-refractivity contribution in [3.05, 3.63) is 57.5 Å². The molecule has 6 nitrogen and oxygen atoms in total. The third-order valence-corrected chi connectivity index (χ3v) is 6.59. The fourth-order valence-electron chi connectivity index (χ4n) is 3.85. The molecule has 8 heteroatoms. The Bertz CT molecular complexity index is 880. The van der Waals surface area contributed by atoms with E-state index in [1.807, 2.05) is 26.0 Å². The van der Waals surface area contributed by atoms with Crippen LogP contribution in [0.3, 0.4) is 0 Å². The maximum absolute atomic E-state index is 13.4. The number of aryl methyl sites for hydroxylation is 1. The quantitative estimate of drug-likeness (QED) is 0.586. The van der Waals surface area contributed by atoms with E-state index in [1.165, 1.54) is 29.9 Å². The van der Waals surface area contributed by atoms with Gasteiger partial charge in [0.05, 0.1) is 6.54 Å². The number of thiophene rings is 1. The van der Waals surface area contributed by atoms with Gasteiger partial charge in [-0.2, -0.15) is 0 Å². The standard InChI is InChI=1S/C24H33FN4O2S/c1-3-26-24(31)28(15-14-27-12-4-5-13-27)18-23(30)29(17-22-11-6-19(2)32-22)16-20-7-9-21(25)10-8-20/h6-11H,3-5,12-18H2,1-2H3,(H,26,31). The van der Waals surface area contributed by atoms with E-state index >= 15 is 0 Å². The van der Waals surface area contributed by atoms with Gasteiger partial charge >= 0.3 is 6.03 Å². The largest absolute Gasteiger partial charge is 0.338 e. The third-order valence-electron chi connectivity index (χ3n) is 5.61. The van der Waals surface area contributed by atoms with Crippen LogP contribution in [-0.4, -0.2) is 65.9 Å². The number of likely N-dealkylation sites (tertiary alicyclic amines) is 1. The van der Waals surface area contributed by atoms with Crippen molar-refractivity contribution in [3.8, 4) is 0 Å². The maximum Gasteiger partial charge on any atom is 0.317 e. The number of carbonyl (C=O) groups excluding carboxylic acids is 2. The Morgan fingerprint density at radius 3 is 2.41 bits per heavy atom. The van der Waals surface area contributed by atoms with E-state index in [4.69, 9.17) is 0 Å². The molecule has 174 valence electrons. The molecular weight excluding hydrogens is 427 g/mol. The minimum atomic E-state index is -0.301. The Kier molecular flexibility index (Phi) is 9.05. The summed E-state index contributed by atoms with van der Waals surface area (Å²) in [6.07, 6.45) is 2.37. The molecule has 2 heterocycles. The van der Waals surface area contributed by atoms with Crippen LogP contribution in [0.15, 0.2) is 36.4 Å². The summed E-state index contributed by atoms with van der Waals surface area (Å²) in [5.41, 5.74) is 0.856. The first-order valence-corrected chi connectivity index (χ1v) is 12.1. The van der Waals surface area contributed by atoms with Crippen molar-refractivity contribution < 1.29 is 14.0 Å². The minimum absolute atomic E-state index is 0.0191. The lowest BCUT2D eigenvalue weighted by Crippen LogP contribution is -2.48. The van der Waals surface area contributed by atoms with Crippen molar-refractivity contribution in [2.45, 2.75) is 39.8 Å². The van der Waals surface area contributed by atoms with E-state index in [-0.39, 0.29) is 24.3 Å². The normalized spacial score (nSPS) is 13.8. The molecule has 1 N–H and O–H groups in total. The predicted octanol–water partition coefficient (Wildman–Crippen LogP) is 3.85. The highest BCUT2D eigenvalue weighted by molar-refractivity contribution is 7.11. The van der Waals surface area contributed by atoms with E-state index in [0.29, 0.717) is 26.2 Å². The SMILES string of the molecule is CCNC(=O)N(CCN1CCCC1)CC(=O)N(Cc1ccc(F)cc1)Cc1ccc(C)s1. The fourth-order valence-corrected chi connectivity index (χ4v) is 4.75. The summed E-state index contributed by atoms with van der Waals surface area (Å²) >= 11 is 1.65. The molecule has 0 unspecified atom stereocenters. The molecule has 2 aromatic rings. The molecule has 0 aliphatic carbocycles. The van der Waals surface area contributed by atoms with Gasteiger partial charge in [-0.15, -0.1) is 11.3 Å². The lowest BCUT2D eigenvalue weighted by atomic mass is 10.2. The van der Waals surface area contributed by atoms with Gasteiger partial charge < -0.3 is 20.0 Å². The first-order chi connectivity index (χ1) is 15.4. The molecule has 1 aliphatic rings. The molecule has 1 saturated heterocycles. The smallest absolute Gasteiger partial charge is 0.317 e. The van der Waals surface area contributed by atoms with Crippen LogP contribution in [-0.2, 0) is 17.9 Å². The minimum Gasteiger partial charge on any atom is -0.338 e. The summed E-state index contributed by atoms with van der Waals surface area (Å²) in [6.45, 7) is 8.65. The summed E-state index contributed by atoms with van der Waals surface area (Å²) in [7, 11) is 0. The zero-order chi connectivity index (χ0) is 22.9. The molecule has 1 aromatic carbocycles. The van der Waals surface area contributed by atoms with Crippen molar-refractivity contribution >= 4 is 23.3 Å². The molecule has 32 heavy (non-hydrogen) atoms. The van der Waals surface area contributed by atoms with Gasteiger partial charge in [0.15, 0.2) is 0 Å². The lowest BCUT2D eigenvalue weighted by molar-refractivity contribution is -0.133. The van der Waals surface area contributed by atoms with Crippen LogP contribution in [0.5, 0.6) is 0 Å². The van der Waals surface area contributed by atoms with Crippen molar-refractivity contribution in [2.75, 3.05) is 39.3 Å². The van der Waals surface area contributed by atoms with E-state index in [9.17, 15) is 14.0 Å². The number of urea groups is 1. The zero-order valence-electron chi connectivity index (χ0n) is 19.0. The highest BCUT2D eigenvalue weighted by Gasteiger charge is 2.23. The molecule has 0 saturated carbocycles. The van der Waals surface area contributed by atoms with Crippen molar-refractivity contribution in [1.29, 1.82) is 0 Å². The predicted molar refractivity (Wildman–Crippen MR) is 126 cm³/mol. The van der Waals surface area contributed by atoms with Gasteiger partial charge in [-0.25, -0.2) is 9.18 Å². The average molecular weight is 461 g/mol. The van der Waals surface area contributed by atoms with Gasteiger partial charge in [0.25, 0.3) is 0 Å². The van der Waals surface area contributed by atoms with E-state index < -0.39 is 0 Å². The Morgan fingerprint density at radius 2 is 1.78 bits per heavy atom. The second kappa shape index (κ2) is 12.0. The molecule has 3 amide bonds. The van der Waals surface area contributed by atoms with Gasteiger partial charge in [-0.05, 0) is 69.6 Å². The Hall–Kier alpha value is -2.45. The summed E-state index contributed by atoms with van der Waals surface area (Å²) in [5, 5.41) is 2.83. The van der Waals surface area contributed by atoms with E-state index in [0.717, 1.165) is 30.1 Å². The Labute approximate surface area is 194 Å². The lowest BCUT2D eigenvalue weighted by Gasteiger charge is -2.29. The average Bonchev–Trinajstić information content (AvgIpc) is 3.43. The topological polar surface area (TPSA) is 55.9 Å². The number of hydrogen-bond acceptors (Lipinski definition) is 4. The number of halogens is 1. The van der Waals surface area contributed by atoms with E-state index in [2.05, 4.69) is 10.2 Å². The number of carbonyl (C=O) groups is 2. The van der Waals surface area contributed by atoms with Crippen LogP contribution < -0.4 is 5.32 Å². The Balaban J connectivity index is 1.71. The second-order valence-electron chi connectivity index (χ2n) is 8.19. The van der Waals surface area contributed by atoms with Gasteiger partial charge in [-0.3, -0.25) is 4.79 Å². The Morgan fingerprint density at radius 1 is 1.06 bits per heavy atom. The van der Waals surface area contributed by atoms with Crippen LogP contribution >= 0.6 is 11.3 Å². The number of nitrogens with one attached hydrogen (secondary N) is 1. The number of benzene rings is 1. The van der Waals surface area contributed by atoms with Gasteiger partial charge in [0.1, 0.15) is 12.4 Å². The molecule has 0 bridgehead atoms. The molecule has 0 spiro atoms. The van der Waals surface area contributed by atoms with Crippen LogP contribution in [0, 0.1) is 12.7 Å². The summed E-state index contributed by atoms with van der Waals surface area (Å²) in [6, 6.07) is 10.1. The fraction of sp³-hybridized carbons (Fsp3) is 0.500. The number of amides is 3.